The molecule has 0 saturated heterocycles. The number of isocyanates is 1. The van der Waals surface area contributed by atoms with Gasteiger partial charge in [0.1, 0.15) is 0 Å². The zero-order valence-corrected chi connectivity index (χ0v) is 9.29. The first-order valence-corrected chi connectivity index (χ1v) is 4.51. The Morgan fingerprint density at radius 2 is 2.07 bits per heavy atom. The van der Waals surface area contributed by atoms with E-state index >= 15 is 0 Å². The third-order valence-corrected chi connectivity index (χ3v) is 2.18. The molecule has 0 aliphatic carbocycles. The van der Waals surface area contributed by atoms with Gasteiger partial charge in [-0.25, -0.2) is 4.79 Å². The van der Waals surface area contributed by atoms with Gasteiger partial charge in [0.15, 0.2) is 11.5 Å². The molecule has 0 aliphatic heterocycles. The highest BCUT2D eigenvalue weighted by Gasteiger charge is 2.09. The number of methoxy groups -OCH3 is 2. The highest BCUT2D eigenvalue weighted by Crippen LogP contribution is 2.38. The van der Waals surface area contributed by atoms with Crippen molar-refractivity contribution in [2.45, 2.75) is 0 Å². The van der Waals surface area contributed by atoms with Crippen molar-refractivity contribution in [1.29, 1.82) is 0 Å². The Hall–Kier alpha value is -1.32. The maximum atomic E-state index is 10.1. The van der Waals surface area contributed by atoms with Gasteiger partial charge >= 0.3 is 0 Å². The highest BCUT2D eigenvalue weighted by molar-refractivity contribution is 9.10. The lowest BCUT2D eigenvalue weighted by Gasteiger charge is -2.09. The van der Waals surface area contributed by atoms with Gasteiger partial charge in [0, 0.05) is 6.07 Å². The van der Waals surface area contributed by atoms with E-state index < -0.39 is 0 Å². The first kappa shape index (κ1) is 10.8. The van der Waals surface area contributed by atoms with Crippen LogP contribution in [0, 0.1) is 0 Å². The molecule has 0 heterocycles. The van der Waals surface area contributed by atoms with Crippen LogP contribution >= 0.6 is 15.9 Å². The molecule has 0 radical (unpaired) electrons. The monoisotopic (exact) mass is 257 g/mol. The van der Waals surface area contributed by atoms with E-state index in [4.69, 9.17) is 9.47 Å². The SMILES string of the molecule is COc1cc(N=C=O)cc(Br)c1OC. The van der Waals surface area contributed by atoms with Crippen molar-refractivity contribution in [2.24, 2.45) is 4.99 Å². The number of nitrogens with zero attached hydrogens (tertiary/aromatic N) is 1. The predicted molar refractivity (Wildman–Crippen MR) is 55.0 cm³/mol. The van der Waals surface area contributed by atoms with Crippen LogP contribution in [0.2, 0.25) is 0 Å². The largest absolute Gasteiger partial charge is 0.493 e. The molecule has 0 saturated carbocycles. The first-order valence-electron chi connectivity index (χ1n) is 3.72. The van der Waals surface area contributed by atoms with Crippen LogP contribution in [-0.4, -0.2) is 20.3 Å². The van der Waals surface area contributed by atoms with E-state index in [-0.39, 0.29) is 0 Å². The Labute approximate surface area is 89.7 Å². The lowest BCUT2D eigenvalue weighted by atomic mass is 10.3. The topological polar surface area (TPSA) is 47.9 Å². The van der Waals surface area contributed by atoms with Crippen LogP contribution in [0.15, 0.2) is 21.6 Å². The second-order valence-electron chi connectivity index (χ2n) is 2.37. The Morgan fingerprint density at radius 1 is 1.36 bits per heavy atom. The van der Waals surface area contributed by atoms with Gasteiger partial charge in [-0.05, 0) is 22.0 Å². The minimum absolute atomic E-state index is 0.463. The molecule has 0 bridgehead atoms. The number of benzene rings is 1. The van der Waals surface area contributed by atoms with Crippen molar-refractivity contribution in [1.82, 2.24) is 0 Å². The van der Waals surface area contributed by atoms with Crippen molar-refractivity contribution >= 4 is 27.7 Å². The Morgan fingerprint density at radius 3 is 2.57 bits per heavy atom. The summed E-state index contributed by atoms with van der Waals surface area (Å²) < 4.78 is 10.8. The molecule has 4 nitrogen and oxygen atoms in total. The van der Waals surface area contributed by atoms with Crippen LogP contribution in [0.4, 0.5) is 5.69 Å². The molecular weight excluding hydrogens is 250 g/mol. The lowest BCUT2D eigenvalue weighted by molar-refractivity contribution is 0.353. The molecule has 14 heavy (non-hydrogen) atoms. The van der Waals surface area contributed by atoms with E-state index in [9.17, 15) is 4.79 Å². The summed E-state index contributed by atoms with van der Waals surface area (Å²) in [6.45, 7) is 0. The molecule has 5 heteroatoms. The van der Waals surface area contributed by atoms with Gasteiger partial charge < -0.3 is 9.47 Å². The molecule has 1 rings (SSSR count). The van der Waals surface area contributed by atoms with Crippen molar-refractivity contribution in [3.05, 3.63) is 16.6 Å². The number of halogens is 1. The second-order valence-corrected chi connectivity index (χ2v) is 3.22. The number of ether oxygens (including phenoxy) is 2. The van der Waals surface area contributed by atoms with E-state index in [1.807, 2.05) is 0 Å². The van der Waals surface area contributed by atoms with Crippen LogP contribution in [0.1, 0.15) is 0 Å². The fourth-order valence-corrected chi connectivity index (χ4v) is 1.61. The summed E-state index contributed by atoms with van der Waals surface area (Å²) in [5.41, 5.74) is 0.463. The average Bonchev–Trinajstić information content (AvgIpc) is 2.17. The fraction of sp³-hybridized carbons (Fsp3) is 0.222. The smallest absolute Gasteiger partial charge is 0.240 e. The van der Waals surface area contributed by atoms with Gasteiger partial charge in [-0.3, -0.25) is 0 Å². The van der Waals surface area contributed by atoms with Gasteiger partial charge in [-0.2, -0.15) is 4.99 Å². The lowest BCUT2D eigenvalue weighted by Crippen LogP contribution is -1.90. The standard InChI is InChI=1S/C9H8BrNO3/c1-13-8-4-6(11-5-12)3-7(10)9(8)14-2/h3-4H,1-2H3. The molecule has 0 atom stereocenters. The van der Waals surface area contributed by atoms with Gasteiger partial charge in [0.05, 0.1) is 24.4 Å². The van der Waals surface area contributed by atoms with Gasteiger partial charge in [0.25, 0.3) is 0 Å². The fourth-order valence-electron chi connectivity index (χ4n) is 1.02. The summed E-state index contributed by atoms with van der Waals surface area (Å²) in [6.07, 6.45) is 1.46. The minimum Gasteiger partial charge on any atom is -0.493 e. The van der Waals surface area contributed by atoms with Crippen molar-refractivity contribution in [3.63, 3.8) is 0 Å². The average molecular weight is 258 g/mol. The molecule has 0 amide bonds. The molecule has 1 aromatic carbocycles. The van der Waals surface area contributed by atoms with E-state index in [2.05, 4.69) is 20.9 Å². The Bertz CT molecular complexity index is 386. The summed E-state index contributed by atoms with van der Waals surface area (Å²) in [4.78, 5) is 13.5. The molecule has 1 aromatic rings. The molecule has 74 valence electrons. The summed E-state index contributed by atoms with van der Waals surface area (Å²) in [7, 11) is 3.05. The predicted octanol–water partition coefficient (Wildman–Crippen LogP) is 2.43. The van der Waals surface area contributed by atoms with Crippen LogP contribution < -0.4 is 9.47 Å². The number of aliphatic imine (C=N–C) groups is 1. The van der Waals surface area contributed by atoms with Crippen LogP contribution in [-0.2, 0) is 4.79 Å². The van der Waals surface area contributed by atoms with Gasteiger partial charge in [0.2, 0.25) is 6.08 Å². The molecule has 0 fully saturated rings. The molecule has 0 unspecified atom stereocenters. The zero-order chi connectivity index (χ0) is 10.6. The van der Waals surface area contributed by atoms with E-state index in [1.54, 1.807) is 12.1 Å². The summed E-state index contributed by atoms with van der Waals surface area (Å²) in [6, 6.07) is 3.24. The quantitative estimate of drug-likeness (QED) is 0.618. The second kappa shape index (κ2) is 4.79. The van der Waals surface area contributed by atoms with Crippen molar-refractivity contribution < 1.29 is 14.3 Å². The van der Waals surface area contributed by atoms with Crippen molar-refractivity contribution in [2.75, 3.05) is 14.2 Å². The van der Waals surface area contributed by atoms with Gasteiger partial charge in [-0.1, -0.05) is 0 Å². The third kappa shape index (κ3) is 2.13. The maximum absolute atomic E-state index is 10.1. The van der Waals surface area contributed by atoms with E-state index in [0.717, 1.165) is 0 Å². The normalized spacial score (nSPS) is 9.07. The molecule has 0 aliphatic rings. The third-order valence-electron chi connectivity index (χ3n) is 1.59. The van der Waals surface area contributed by atoms with Crippen LogP contribution in [0.25, 0.3) is 0 Å². The van der Waals surface area contributed by atoms with E-state index in [1.165, 1.54) is 20.3 Å². The molecule has 0 spiro atoms. The first-order chi connectivity index (χ1) is 6.72. The molecular formula is C9H8BrNO3. The van der Waals surface area contributed by atoms with Crippen molar-refractivity contribution in [3.8, 4) is 11.5 Å². The van der Waals surface area contributed by atoms with Crippen LogP contribution in [0.5, 0.6) is 11.5 Å². The number of carbonyl (C=O) groups excluding carboxylic acids is 1. The number of hydrogen-bond acceptors (Lipinski definition) is 4. The number of hydrogen-bond donors (Lipinski definition) is 0. The van der Waals surface area contributed by atoms with E-state index in [0.29, 0.717) is 21.7 Å². The van der Waals surface area contributed by atoms with Crippen LogP contribution in [0.3, 0.4) is 0 Å². The zero-order valence-electron chi connectivity index (χ0n) is 7.70. The summed E-state index contributed by atoms with van der Waals surface area (Å²) >= 11 is 3.27. The Kier molecular flexibility index (Phi) is 3.68. The summed E-state index contributed by atoms with van der Waals surface area (Å²) in [5, 5.41) is 0. The molecule has 0 aromatic heterocycles. The maximum Gasteiger partial charge on any atom is 0.240 e. The summed E-state index contributed by atoms with van der Waals surface area (Å²) in [5.74, 6) is 1.08. The number of rotatable bonds is 3. The highest BCUT2D eigenvalue weighted by atomic mass is 79.9. The Balaban J connectivity index is 3.30. The van der Waals surface area contributed by atoms with Gasteiger partial charge in [-0.15, -0.1) is 0 Å². The molecule has 0 N–H and O–H groups in total. The minimum atomic E-state index is 0.463.